The SMILES string of the molecule is CCCCNC(=O)N(C)CC(=O)Nc1cc(C(C)(C)C)nn1-c1ccccc1C. The summed E-state index contributed by atoms with van der Waals surface area (Å²) in [5, 5.41) is 10.5. The Hall–Kier alpha value is -2.83. The van der Waals surface area contributed by atoms with E-state index in [0.29, 0.717) is 12.4 Å². The maximum absolute atomic E-state index is 12.6. The highest BCUT2D eigenvalue weighted by molar-refractivity contribution is 5.94. The Kier molecular flexibility index (Phi) is 7.42. The minimum absolute atomic E-state index is 0.0399. The van der Waals surface area contributed by atoms with Gasteiger partial charge in [0.2, 0.25) is 5.91 Å². The predicted octanol–water partition coefficient (Wildman–Crippen LogP) is 3.86. The number of aromatic nitrogens is 2. The average molecular weight is 400 g/mol. The molecule has 3 amide bonds. The number of nitrogens with one attached hydrogen (secondary N) is 2. The Labute approximate surface area is 173 Å². The first-order valence-corrected chi connectivity index (χ1v) is 10.1. The lowest BCUT2D eigenvalue weighted by Gasteiger charge is -2.18. The standard InChI is InChI=1S/C22H33N5O2/c1-7-8-13-23-21(29)26(6)15-20(28)24-19-14-18(22(3,4)5)25-27(19)17-12-10-9-11-16(17)2/h9-12,14H,7-8,13,15H2,1-6H3,(H,23,29)(H,24,28). The summed E-state index contributed by atoms with van der Waals surface area (Å²) in [6.45, 7) is 10.9. The normalized spacial score (nSPS) is 11.2. The molecule has 2 aromatic rings. The summed E-state index contributed by atoms with van der Waals surface area (Å²) in [5.41, 5.74) is 2.67. The molecule has 1 aromatic carbocycles. The summed E-state index contributed by atoms with van der Waals surface area (Å²) in [6.07, 6.45) is 1.92. The third-order valence-corrected chi connectivity index (χ3v) is 4.62. The van der Waals surface area contributed by atoms with Crippen LogP contribution in [0.3, 0.4) is 0 Å². The number of carbonyl (C=O) groups excluding carboxylic acids is 2. The first kappa shape index (κ1) is 22.5. The molecule has 0 aliphatic carbocycles. The molecule has 2 rings (SSSR count). The molecule has 0 aliphatic rings. The number of unbranched alkanes of at least 4 members (excludes halogenated alkanes) is 1. The highest BCUT2D eigenvalue weighted by Crippen LogP contribution is 2.27. The summed E-state index contributed by atoms with van der Waals surface area (Å²) >= 11 is 0. The fourth-order valence-corrected chi connectivity index (χ4v) is 2.80. The van der Waals surface area contributed by atoms with Gasteiger partial charge in [-0.05, 0) is 25.0 Å². The number of benzene rings is 1. The summed E-state index contributed by atoms with van der Waals surface area (Å²) in [6, 6.07) is 9.53. The van der Waals surface area contributed by atoms with E-state index < -0.39 is 0 Å². The molecule has 0 saturated heterocycles. The first-order chi connectivity index (χ1) is 13.6. The second-order valence-corrected chi connectivity index (χ2v) is 8.35. The van der Waals surface area contributed by atoms with Crippen LogP contribution in [0.15, 0.2) is 30.3 Å². The van der Waals surface area contributed by atoms with Crippen LogP contribution in [-0.4, -0.2) is 46.8 Å². The second kappa shape index (κ2) is 9.58. The zero-order valence-corrected chi connectivity index (χ0v) is 18.4. The van der Waals surface area contributed by atoms with Gasteiger partial charge < -0.3 is 15.5 Å². The van der Waals surface area contributed by atoms with Crippen molar-refractivity contribution in [2.45, 2.75) is 52.9 Å². The molecular formula is C22H33N5O2. The van der Waals surface area contributed by atoms with E-state index in [1.54, 1.807) is 11.7 Å². The van der Waals surface area contributed by atoms with Crippen molar-refractivity contribution in [2.75, 3.05) is 25.5 Å². The minimum atomic E-state index is -0.270. The summed E-state index contributed by atoms with van der Waals surface area (Å²) in [5.74, 6) is 0.322. The lowest BCUT2D eigenvalue weighted by Crippen LogP contribution is -2.42. The third kappa shape index (κ3) is 6.07. The Balaban J connectivity index is 2.19. The smallest absolute Gasteiger partial charge is 0.317 e. The predicted molar refractivity (Wildman–Crippen MR) is 117 cm³/mol. The summed E-state index contributed by atoms with van der Waals surface area (Å²) in [4.78, 5) is 26.1. The van der Waals surface area contributed by atoms with Gasteiger partial charge in [0, 0.05) is 25.1 Å². The molecule has 0 atom stereocenters. The van der Waals surface area contributed by atoms with Gasteiger partial charge in [-0.2, -0.15) is 5.10 Å². The van der Waals surface area contributed by atoms with Crippen molar-refractivity contribution in [3.05, 3.63) is 41.6 Å². The van der Waals surface area contributed by atoms with Crippen LogP contribution < -0.4 is 10.6 Å². The summed E-state index contributed by atoms with van der Waals surface area (Å²) < 4.78 is 1.76. The monoisotopic (exact) mass is 399 g/mol. The van der Waals surface area contributed by atoms with E-state index in [0.717, 1.165) is 29.8 Å². The molecule has 0 radical (unpaired) electrons. The zero-order valence-electron chi connectivity index (χ0n) is 18.4. The van der Waals surface area contributed by atoms with Gasteiger partial charge in [-0.25, -0.2) is 9.48 Å². The zero-order chi connectivity index (χ0) is 21.6. The van der Waals surface area contributed by atoms with Crippen LogP contribution in [0.1, 0.15) is 51.8 Å². The van der Waals surface area contributed by atoms with Gasteiger partial charge >= 0.3 is 6.03 Å². The number of anilines is 1. The Morgan fingerprint density at radius 3 is 2.52 bits per heavy atom. The van der Waals surface area contributed by atoms with E-state index in [-0.39, 0.29) is 23.9 Å². The number of carbonyl (C=O) groups is 2. The number of amides is 3. The molecule has 0 bridgehead atoms. The van der Waals surface area contributed by atoms with Crippen LogP contribution in [0.2, 0.25) is 0 Å². The fraction of sp³-hybridized carbons (Fsp3) is 0.500. The van der Waals surface area contributed by atoms with Crippen LogP contribution in [0.4, 0.5) is 10.6 Å². The fourth-order valence-electron chi connectivity index (χ4n) is 2.80. The highest BCUT2D eigenvalue weighted by Gasteiger charge is 2.22. The number of para-hydroxylation sites is 1. The lowest BCUT2D eigenvalue weighted by molar-refractivity contribution is -0.116. The van der Waals surface area contributed by atoms with E-state index in [1.165, 1.54) is 4.90 Å². The highest BCUT2D eigenvalue weighted by atomic mass is 16.2. The van der Waals surface area contributed by atoms with Crippen molar-refractivity contribution in [1.82, 2.24) is 20.0 Å². The Morgan fingerprint density at radius 1 is 1.21 bits per heavy atom. The molecule has 0 saturated carbocycles. The van der Waals surface area contributed by atoms with E-state index in [1.807, 2.05) is 37.3 Å². The molecule has 2 N–H and O–H groups in total. The van der Waals surface area contributed by atoms with Gasteiger partial charge in [0.05, 0.1) is 11.4 Å². The molecular weight excluding hydrogens is 366 g/mol. The number of likely N-dealkylation sites (N-methyl/N-ethyl adjacent to an activating group) is 1. The van der Waals surface area contributed by atoms with Crippen molar-refractivity contribution >= 4 is 17.8 Å². The molecule has 1 aromatic heterocycles. The molecule has 29 heavy (non-hydrogen) atoms. The van der Waals surface area contributed by atoms with Crippen molar-refractivity contribution in [2.24, 2.45) is 0 Å². The average Bonchev–Trinajstić information content (AvgIpc) is 3.06. The van der Waals surface area contributed by atoms with Crippen LogP contribution in [0, 0.1) is 6.92 Å². The number of urea groups is 1. The molecule has 7 nitrogen and oxygen atoms in total. The quantitative estimate of drug-likeness (QED) is 0.694. The summed E-state index contributed by atoms with van der Waals surface area (Å²) in [7, 11) is 1.61. The van der Waals surface area contributed by atoms with Crippen LogP contribution >= 0.6 is 0 Å². The molecule has 0 aliphatic heterocycles. The van der Waals surface area contributed by atoms with Crippen LogP contribution in [0.5, 0.6) is 0 Å². The van der Waals surface area contributed by atoms with Gasteiger partial charge in [0.15, 0.2) is 0 Å². The van der Waals surface area contributed by atoms with Crippen molar-refractivity contribution < 1.29 is 9.59 Å². The van der Waals surface area contributed by atoms with Crippen molar-refractivity contribution in [1.29, 1.82) is 0 Å². The van der Waals surface area contributed by atoms with E-state index in [9.17, 15) is 9.59 Å². The largest absolute Gasteiger partial charge is 0.338 e. The van der Waals surface area contributed by atoms with Gasteiger partial charge in [-0.3, -0.25) is 4.79 Å². The molecule has 0 fully saturated rings. The molecule has 158 valence electrons. The molecule has 1 heterocycles. The van der Waals surface area contributed by atoms with E-state index in [2.05, 4.69) is 38.3 Å². The van der Waals surface area contributed by atoms with Crippen LogP contribution in [-0.2, 0) is 10.2 Å². The number of hydrogen-bond donors (Lipinski definition) is 2. The van der Waals surface area contributed by atoms with Crippen molar-refractivity contribution in [3.63, 3.8) is 0 Å². The molecule has 7 heteroatoms. The topological polar surface area (TPSA) is 79.3 Å². The van der Waals surface area contributed by atoms with Gasteiger partial charge in [-0.1, -0.05) is 52.3 Å². The number of rotatable bonds is 7. The third-order valence-electron chi connectivity index (χ3n) is 4.62. The minimum Gasteiger partial charge on any atom is -0.338 e. The van der Waals surface area contributed by atoms with Crippen molar-refractivity contribution in [3.8, 4) is 5.69 Å². The molecule has 0 unspecified atom stereocenters. The van der Waals surface area contributed by atoms with Gasteiger partial charge in [-0.15, -0.1) is 0 Å². The van der Waals surface area contributed by atoms with E-state index >= 15 is 0 Å². The number of hydrogen-bond acceptors (Lipinski definition) is 3. The number of aryl methyl sites for hydroxylation is 1. The Bertz CT molecular complexity index is 851. The Morgan fingerprint density at radius 2 is 1.90 bits per heavy atom. The van der Waals surface area contributed by atoms with Gasteiger partial charge in [0.1, 0.15) is 12.4 Å². The maximum atomic E-state index is 12.6. The van der Waals surface area contributed by atoms with E-state index in [4.69, 9.17) is 5.10 Å². The van der Waals surface area contributed by atoms with Gasteiger partial charge in [0.25, 0.3) is 0 Å². The van der Waals surface area contributed by atoms with Crippen LogP contribution in [0.25, 0.3) is 5.69 Å². The first-order valence-electron chi connectivity index (χ1n) is 10.1. The lowest BCUT2D eigenvalue weighted by atomic mass is 9.92. The molecule has 0 spiro atoms. The second-order valence-electron chi connectivity index (χ2n) is 8.35. The number of nitrogens with zero attached hydrogens (tertiary/aromatic N) is 3. The maximum Gasteiger partial charge on any atom is 0.317 e.